The number of hydrazine groups is 1. The molecule has 1 aliphatic carbocycles. The van der Waals surface area contributed by atoms with Crippen molar-refractivity contribution in [2.45, 2.75) is 52.0 Å². The molecular formula is C15H24N2. The van der Waals surface area contributed by atoms with Gasteiger partial charge in [-0.1, -0.05) is 45.0 Å². The molecule has 0 aromatic heterocycles. The van der Waals surface area contributed by atoms with Crippen molar-refractivity contribution in [2.75, 3.05) is 0 Å². The third-order valence-corrected chi connectivity index (χ3v) is 4.17. The highest BCUT2D eigenvalue weighted by Gasteiger charge is 2.44. The second kappa shape index (κ2) is 4.79. The average Bonchev–Trinajstić information content (AvgIpc) is 3.06. The summed E-state index contributed by atoms with van der Waals surface area (Å²) >= 11 is 0. The lowest BCUT2D eigenvalue weighted by atomic mass is 9.92. The van der Waals surface area contributed by atoms with Gasteiger partial charge >= 0.3 is 0 Å². The Hall–Kier alpha value is -0.860. The predicted molar refractivity (Wildman–Crippen MR) is 72.7 cm³/mol. The van der Waals surface area contributed by atoms with E-state index in [2.05, 4.69) is 50.5 Å². The lowest BCUT2D eigenvalue weighted by Crippen LogP contribution is -2.42. The Balaban J connectivity index is 2.02. The van der Waals surface area contributed by atoms with Gasteiger partial charge in [0.05, 0.1) is 0 Å². The number of hydrogen-bond acceptors (Lipinski definition) is 2. The van der Waals surface area contributed by atoms with Crippen LogP contribution < -0.4 is 11.3 Å². The normalized spacial score (nSPS) is 19.4. The molecule has 94 valence electrons. The Bertz CT molecular complexity index is 363. The summed E-state index contributed by atoms with van der Waals surface area (Å²) in [6.45, 7) is 6.77. The van der Waals surface area contributed by atoms with Gasteiger partial charge in [0.15, 0.2) is 0 Å². The van der Waals surface area contributed by atoms with Gasteiger partial charge in [0.25, 0.3) is 0 Å². The number of hydrogen-bond donors (Lipinski definition) is 2. The van der Waals surface area contributed by atoms with Gasteiger partial charge in [0.2, 0.25) is 0 Å². The molecule has 0 aliphatic heterocycles. The van der Waals surface area contributed by atoms with Gasteiger partial charge in [0, 0.05) is 6.04 Å². The smallest absolute Gasteiger partial charge is 0.0304 e. The SMILES string of the molecule is CC(C)c1ccc(CC(NN)C2(C)CC2)cc1. The molecule has 2 rings (SSSR count). The monoisotopic (exact) mass is 232 g/mol. The van der Waals surface area contributed by atoms with E-state index < -0.39 is 0 Å². The molecule has 1 fully saturated rings. The van der Waals surface area contributed by atoms with E-state index in [1.807, 2.05) is 0 Å². The second-order valence-corrected chi connectivity index (χ2v) is 5.97. The highest BCUT2D eigenvalue weighted by Crippen LogP contribution is 2.48. The van der Waals surface area contributed by atoms with Crippen molar-refractivity contribution in [3.8, 4) is 0 Å². The van der Waals surface area contributed by atoms with Crippen LogP contribution in [0.5, 0.6) is 0 Å². The maximum atomic E-state index is 5.67. The first-order chi connectivity index (χ1) is 8.05. The molecule has 1 aromatic carbocycles. The second-order valence-electron chi connectivity index (χ2n) is 5.97. The molecule has 17 heavy (non-hydrogen) atoms. The Kier molecular flexibility index (Phi) is 3.55. The Labute approximate surface area is 105 Å². The number of nitrogens with one attached hydrogen (secondary N) is 1. The minimum absolute atomic E-state index is 0.410. The first-order valence-corrected chi connectivity index (χ1v) is 6.60. The first-order valence-electron chi connectivity index (χ1n) is 6.60. The van der Waals surface area contributed by atoms with Crippen LogP contribution in [0.4, 0.5) is 0 Å². The van der Waals surface area contributed by atoms with E-state index in [4.69, 9.17) is 5.84 Å². The predicted octanol–water partition coefficient (Wildman–Crippen LogP) is 2.98. The first kappa shape index (κ1) is 12.6. The van der Waals surface area contributed by atoms with Crippen molar-refractivity contribution in [3.05, 3.63) is 35.4 Å². The highest BCUT2D eigenvalue weighted by atomic mass is 15.2. The summed E-state index contributed by atoms with van der Waals surface area (Å²) in [5.41, 5.74) is 6.20. The van der Waals surface area contributed by atoms with Gasteiger partial charge in [-0.3, -0.25) is 11.3 Å². The number of rotatable bonds is 5. The van der Waals surface area contributed by atoms with Crippen LogP contribution in [-0.2, 0) is 6.42 Å². The summed E-state index contributed by atoms with van der Waals surface area (Å²) in [5, 5.41) is 0. The molecular weight excluding hydrogens is 208 g/mol. The molecule has 0 saturated heterocycles. The zero-order chi connectivity index (χ0) is 12.5. The van der Waals surface area contributed by atoms with E-state index in [0.29, 0.717) is 17.4 Å². The van der Waals surface area contributed by atoms with Crippen molar-refractivity contribution in [2.24, 2.45) is 11.3 Å². The molecule has 1 saturated carbocycles. The van der Waals surface area contributed by atoms with E-state index in [1.165, 1.54) is 24.0 Å². The van der Waals surface area contributed by atoms with Crippen LogP contribution in [0.2, 0.25) is 0 Å². The molecule has 0 heterocycles. The molecule has 0 spiro atoms. The summed E-state index contributed by atoms with van der Waals surface area (Å²) in [6.07, 6.45) is 3.63. The molecule has 3 N–H and O–H groups in total. The van der Waals surface area contributed by atoms with Crippen LogP contribution in [0.15, 0.2) is 24.3 Å². The van der Waals surface area contributed by atoms with Gasteiger partial charge in [-0.2, -0.15) is 0 Å². The summed E-state index contributed by atoms with van der Waals surface area (Å²) in [7, 11) is 0. The molecule has 0 amide bonds. The summed E-state index contributed by atoms with van der Waals surface area (Å²) in [4.78, 5) is 0. The Morgan fingerprint density at radius 2 is 1.82 bits per heavy atom. The van der Waals surface area contributed by atoms with E-state index >= 15 is 0 Å². The zero-order valence-corrected chi connectivity index (χ0v) is 11.2. The largest absolute Gasteiger partial charge is 0.271 e. The molecule has 1 aliphatic rings. The molecule has 2 nitrogen and oxygen atoms in total. The summed E-state index contributed by atoms with van der Waals surface area (Å²) in [5.74, 6) is 6.28. The van der Waals surface area contributed by atoms with E-state index in [9.17, 15) is 0 Å². The van der Waals surface area contributed by atoms with Gasteiger partial charge in [-0.15, -0.1) is 0 Å². The fraction of sp³-hybridized carbons (Fsp3) is 0.600. The van der Waals surface area contributed by atoms with Crippen molar-refractivity contribution in [3.63, 3.8) is 0 Å². The highest BCUT2D eigenvalue weighted by molar-refractivity contribution is 5.26. The van der Waals surface area contributed by atoms with Crippen molar-refractivity contribution < 1.29 is 0 Å². The molecule has 2 heteroatoms. The quantitative estimate of drug-likeness (QED) is 0.605. The van der Waals surface area contributed by atoms with E-state index in [0.717, 1.165) is 6.42 Å². The lowest BCUT2D eigenvalue weighted by molar-refractivity contribution is 0.359. The third-order valence-electron chi connectivity index (χ3n) is 4.17. The zero-order valence-electron chi connectivity index (χ0n) is 11.2. The van der Waals surface area contributed by atoms with Crippen LogP contribution >= 0.6 is 0 Å². The fourth-order valence-electron chi connectivity index (χ4n) is 2.33. The van der Waals surface area contributed by atoms with Crippen LogP contribution in [0.25, 0.3) is 0 Å². The average molecular weight is 232 g/mol. The molecule has 1 unspecified atom stereocenters. The maximum absolute atomic E-state index is 5.67. The van der Waals surface area contributed by atoms with Crippen molar-refractivity contribution in [1.82, 2.24) is 5.43 Å². The third kappa shape index (κ3) is 2.88. The molecule has 0 radical (unpaired) electrons. The Morgan fingerprint density at radius 3 is 2.24 bits per heavy atom. The van der Waals surface area contributed by atoms with Crippen molar-refractivity contribution >= 4 is 0 Å². The summed E-state index contributed by atoms with van der Waals surface area (Å²) in [6, 6.07) is 9.37. The number of benzene rings is 1. The minimum Gasteiger partial charge on any atom is -0.271 e. The van der Waals surface area contributed by atoms with Gasteiger partial charge < -0.3 is 0 Å². The molecule has 1 atom stereocenters. The van der Waals surface area contributed by atoms with Crippen LogP contribution in [-0.4, -0.2) is 6.04 Å². The van der Waals surface area contributed by atoms with Gasteiger partial charge in [-0.25, -0.2) is 0 Å². The maximum Gasteiger partial charge on any atom is 0.0304 e. The number of nitrogens with two attached hydrogens (primary N) is 1. The van der Waals surface area contributed by atoms with Crippen LogP contribution in [0.3, 0.4) is 0 Å². The van der Waals surface area contributed by atoms with E-state index in [-0.39, 0.29) is 0 Å². The van der Waals surface area contributed by atoms with Crippen LogP contribution in [0, 0.1) is 5.41 Å². The summed E-state index contributed by atoms with van der Waals surface area (Å²) < 4.78 is 0. The van der Waals surface area contributed by atoms with Gasteiger partial charge in [-0.05, 0) is 41.7 Å². The molecule has 1 aromatic rings. The minimum atomic E-state index is 0.410. The van der Waals surface area contributed by atoms with Crippen LogP contribution in [0.1, 0.15) is 50.7 Å². The standard InChI is InChI=1S/C15H24N2/c1-11(2)13-6-4-12(5-7-13)10-14(17-16)15(3)8-9-15/h4-7,11,14,17H,8-10,16H2,1-3H3. The topological polar surface area (TPSA) is 38.0 Å². The fourth-order valence-corrected chi connectivity index (χ4v) is 2.33. The lowest BCUT2D eigenvalue weighted by Gasteiger charge is -2.22. The van der Waals surface area contributed by atoms with Crippen molar-refractivity contribution in [1.29, 1.82) is 0 Å². The molecule has 0 bridgehead atoms. The van der Waals surface area contributed by atoms with Gasteiger partial charge in [0.1, 0.15) is 0 Å². The Morgan fingerprint density at radius 1 is 1.24 bits per heavy atom. The van der Waals surface area contributed by atoms with E-state index in [1.54, 1.807) is 0 Å².